The molecule has 2 aromatic rings. The van der Waals surface area contributed by atoms with Gasteiger partial charge in [0.25, 0.3) is 0 Å². The molecule has 1 saturated carbocycles. The van der Waals surface area contributed by atoms with E-state index in [1.54, 1.807) is 0 Å². The fourth-order valence-electron chi connectivity index (χ4n) is 3.89. The van der Waals surface area contributed by atoms with E-state index in [1.165, 1.54) is 29.5 Å². The first kappa shape index (κ1) is 14.5. The van der Waals surface area contributed by atoms with Crippen LogP contribution in [0.15, 0.2) is 59.8 Å². The van der Waals surface area contributed by atoms with E-state index < -0.39 is 0 Å². The molecule has 1 heterocycles. The molecule has 1 aliphatic carbocycles. The Morgan fingerprint density at radius 2 is 1.65 bits per heavy atom. The maximum Gasteiger partial charge on any atom is 0.143 e. The Labute approximate surface area is 138 Å². The summed E-state index contributed by atoms with van der Waals surface area (Å²) < 4.78 is 0. The van der Waals surface area contributed by atoms with Crippen molar-refractivity contribution in [1.82, 2.24) is 0 Å². The molecule has 0 atom stereocenters. The van der Waals surface area contributed by atoms with Gasteiger partial charge in [-0.1, -0.05) is 65.3 Å². The zero-order valence-electron chi connectivity index (χ0n) is 13.7. The second-order valence-electron chi connectivity index (χ2n) is 7.04. The molecular weight excluding hydrogens is 282 g/mol. The fraction of sp³-hybridized carbons (Fsp3) is 0.381. The number of oxime groups is 1. The van der Waals surface area contributed by atoms with Crippen molar-refractivity contribution in [1.29, 1.82) is 0 Å². The van der Waals surface area contributed by atoms with Gasteiger partial charge in [-0.25, -0.2) is 0 Å². The van der Waals surface area contributed by atoms with Crippen LogP contribution >= 0.6 is 0 Å². The first-order chi connectivity index (χ1) is 11.2. The SMILES string of the molecule is Cc1ccc(C2=NOC3(CCC(c4ccccc4)CC3)C2)cc1. The van der Waals surface area contributed by atoms with Crippen LogP contribution in [-0.2, 0) is 4.84 Å². The second kappa shape index (κ2) is 5.84. The summed E-state index contributed by atoms with van der Waals surface area (Å²) in [6, 6.07) is 19.5. The third kappa shape index (κ3) is 2.90. The van der Waals surface area contributed by atoms with E-state index in [0.717, 1.165) is 25.0 Å². The molecule has 0 radical (unpaired) electrons. The van der Waals surface area contributed by atoms with Crippen molar-refractivity contribution >= 4 is 5.71 Å². The van der Waals surface area contributed by atoms with Crippen molar-refractivity contribution in [2.45, 2.75) is 50.5 Å². The molecule has 0 saturated heterocycles. The standard InChI is InChI=1S/C21H23NO/c1-16-7-9-19(10-8-16)20-15-21(23-22-20)13-11-18(12-14-21)17-5-3-2-4-6-17/h2-10,18H,11-15H2,1H3. The highest BCUT2D eigenvalue weighted by atomic mass is 16.7. The van der Waals surface area contributed by atoms with Crippen molar-refractivity contribution in [3.05, 3.63) is 71.3 Å². The van der Waals surface area contributed by atoms with Crippen molar-refractivity contribution < 1.29 is 4.84 Å². The highest BCUT2D eigenvalue weighted by Gasteiger charge is 2.42. The van der Waals surface area contributed by atoms with Gasteiger partial charge in [0.05, 0.1) is 5.71 Å². The van der Waals surface area contributed by atoms with Gasteiger partial charge in [0.15, 0.2) is 0 Å². The number of aryl methyl sites for hydroxylation is 1. The molecular formula is C21H23NO. The normalized spacial score (nSPS) is 26.8. The van der Waals surface area contributed by atoms with E-state index >= 15 is 0 Å². The van der Waals surface area contributed by atoms with E-state index in [2.05, 4.69) is 66.7 Å². The molecule has 2 nitrogen and oxygen atoms in total. The lowest BCUT2D eigenvalue weighted by Gasteiger charge is -2.35. The summed E-state index contributed by atoms with van der Waals surface area (Å²) in [5, 5.41) is 4.43. The van der Waals surface area contributed by atoms with Crippen LogP contribution in [0.1, 0.15) is 54.7 Å². The lowest BCUT2D eigenvalue weighted by molar-refractivity contribution is -0.0484. The van der Waals surface area contributed by atoms with Crippen LogP contribution in [0.2, 0.25) is 0 Å². The van der Waals surface area contributed by atoms with Gasteiger partial charge in [-0.15, -0.1) is 0 Å². The van der Waals surface area contributed by atoms with Gasteiger partial charge in [0.1, 0.15) is 5.60 Å². The Kier molecular flexibility index (Phi) is 3.68. The molecule has 1 aliphatic heterocycles. The van der Waals surface area contributed by atoms with Crippen LogP contribution in [0.5, 0.6) is 0 Å². The van der Waals surface area contributed by atoms with E-state index in [-0.39, 0.29) is 5.60 Å². The topological polar surface area (TPSA) is 21.6 Å². The lowest BCUT2D eigenvalue weighted by Crippen LogP contribution is -2.34. The average molecular weight is 305 g/mol. The van der Waals surface area contributed by atoms with Crippen LogP contribution in [-0.4, -0.2) is 11.3 Å². The summed E-state index contributed by atoms with van der Waals surface area (Å²) in [5.74, 6) is 0.675. The van der Waals surface area contributed by atoms with Crippen LogP contribution in [0.25, 0.3) is 0 Å². The first-order valence-corrected chi connectivity index (χ1v) is 8.61. The summed E-state index contributed by atoms with van der Waals surface area (Å²) in [6.07, 6.45) is 5.55. The summed E-state index contributed by atoms with van der Waals surface area (Å²) in [6.45, 7) is 2.11. The third-order valence-electron chi connectivity index (χ3n) is 5.39. The molecule has 118 valence electrons. The molecule has 2 aliphatic rings. The van der Waals surface area contributed by atoms with E-state index in [4.69, 9.17) is 4.84 Å². The van der Waals surface area contributed by atoms with Crippen molar-refractivity contribution in [3.63, 3.8) is 0 Å². The number of benzene rings is 2. The predicted octanol–water partition coefficient (Wildman–Crippen LogP) is 5.22. The van der Waals surface area contributed by atoms with Crippen LogP contribution in [0, 0.1) is 6.92 Å². The number of hydrogen-bond acceptors (Lipinski definition) is 2. The average Bonchev–Trinajstić information content (AvgIpc) is 3.01. The fourth-order valence-corrected chi connectivity index (χ4v) is 3.89. The highest BCUT2D eigenvalue weighted by Crippen LogP contribution is 2.44. The van der Waals surface area contributed by atoms with Gasteiger partial charge < -0.3 is 4.84 Å². The van der Waals surface area contributed by atoms with Crippen molar-refractivity contribution in [3.8, 4) is 0 Å². The monoisotopic (exact) mass is 305 g/mol. The summed E-state index contributed by atoms with van der Waals surface area (Å²) >= 11 is 0. The molecule has 4 rings (SSSR count). The largest absolute Gasteiger partial charge is 0.389 e. The van der Waals surface area contributed by atoms with Crippen LogP contribution in [0.4, 0.5) is 0 Å². The Morgan fingerprint density at radius 1 is 0.957 bits per heavy atom. The highest BCUT2D eigenvalue weighted by molar-refractivity contribution is 6.01. The van der Waals surface area contributed by atoms with Gasteiger partial charge in [0.2, 0.25) is 0 Å². The van der Waals surface area contributed by atoms with Gasteiger partial charge in [-0.05, 0) is 49.7 Å². The molecule has 0 bridgehead atoms. The van der Waals surface area contributed by atoms with E-state index in [0.29, 0.717) is 5.92 Å². The minimum atomic E-state index is -0.0501. The summed E-state index contributed by atoms with van der Waals surface area (Å²) in [7, 11) is 0. The van der Waals surface area contributed by atoms with E-state index in [1.807, 2.05) is 0 Å². The van der Waals surface area contributed by atoms with E-state index in [9.17, 15) is 0 Å². The quantitative estimate of drug-likeness (QED) is 0.745. The van der Waals surface area contributed by atoms with Gasteiger partial charge in [0, 0.05) is 6.42 Å². The van der Waals surface area contributed by atoms with Crippen LogP contribution in [0.3, 0.4) is 0 Å². The predicted molar refractivity (Wildman–Crippen MR) is 93.8 cm³/mol. The van der Waals surface area contributed by atoms with Gasteiger partial charge >= 0.3 is 0 Å². The van der Waals surface area contributed by atoms with Crippen LogP contribution < -0.4 is 0 Å². The Bertz CT molecular complexity index is 694. The molecule has 0 N–H and O–H groups in total. The maximum absolute atomic E-state index is 5.95. The summed E-state index contributed by atoms with van der Waals surface area (Å²) in [5.41, 5.74) is 5.03. The molecule has 0 amide bonds. The van der Waals surface area contributed by atoms with Gasteiger partial charge in [-0.2, -0.15) is 0 Å². The number of nitrogens with zero attached hydrogens (tertiary/aromatic N) is 1. The third-order valence-corrected chi connectivity index (χ3v) is 5.39. The maximum atomic E-state index is 5.95. The van der Waals surface area contributed by atoms with Gasteiger partial charge in [-0.3, -0.25) is 0 Å². The minimum absolute atomic E-state index is 0.0501. The summed E-state index contributed by atoms with van der Waals surface area (Å²) in [4.78, 5) is 5.95. The smallest absolute Gasteiger partial charge is 0.143 e. The molecule has 1 fully saturated rings. The molecule has 2 heteroatoms. The Balaban J connectivity index is 1.42. The zero-order valence-corrected chi connectivity index (χ0v) is 13.7. The molecule has 23 heavy (non-hydrogen) atoms. The Hall–Kier alpha value is -2.09. The van der Waals surface area contributed by atoms with Crippen molar-refractivity contribution in [2.75, 3.05) is 0 Å². The number of hydrogen-bond donors (Lipinski definition) is 0. The molecule has 0 unspecified atom stereocenters. The molecule has 2 aromatic carbocycles. The van der Waals surface area contributed by atoms with Crippen molar-refractivity contribution in [2.24, 2.45) is 5.16 Å². The number of rotatable bonds is 2. The molecule has 0 aromatic heterocycles. The first-order valence-electron chi connectivity index (χ1n) is 8.61. The minimum Gasteiger partial charge on any atom is -0.389 e. The Morgan fingerprint density at radius 3 is 2.35 bits per heavy atom. The second-order valence-corrected chi connectivity index (χ2v) is 7.04. The molecule has 1 spiro atoms. The zero-order chi connectivity index (χ0) is 15.7. The lowest BCUT2D eigenvalue weighted by atomic mass is 9.74.